The van der Waals surface area contributed by atoms with Crippen LogP contribution in [0.15, 0.2) is 0 Å². The predicted octanol–water partition coefficient (Wildman–Crippen LogP) is 1.73. The van der Waals surface area contributed by atoms with E-state index in [9.17, 15) is 4.79 Å². The van der Waals surface area contributed by atoms with E-state index in [-0.39, 0.29) is 0 Å². The lowest BCUT2D eigenvalue weighted by molar-refractivity contribution is -0.138. The Morgan fingerprint density at radius 3 is 2.79 bits per heavy atom. The van der Waals surface area contributed by atoms with Crippen LogP contribution >= 0.6 is 0 Å². The van der Waals surface area contributed by atoms with Gasteiger partial charge < -0.3 is 10.4 Å². The molecule has 2 atom stereocenters. The van der Waals surface area contributed by atoms with Crippen molar-refractivity contribution in [3.63, 3.8) is 0 Å². The summed E-state index contributed by atoms with van der Waals surface area (Å²) in [6, 6.07) is 0. The Morgan fingerprint density at radius 1 is 1.50 bits per heavy atom. The third-order valence-electron chi connectivity index (χ3n) is 2.98. The van der Waals surface area contributed by atoms with Gasteiger partial charge in [0.2, 0.25) is 0 Å². The van der Waals surface area contributed by atoms with Crippen molar-refractivity contribution in [2.75, 3.05) is 13.1 Å². The van der Waals surface area contributed by atoms with E-state index in [2.05, 4.69) is 19.2 Å². The summed E-state index contributed by atoms with van der Waals surface area (Å²) in [7, 11) is 0. The molecule has 0 spiro atoms. The first-order valence-corrected chi connectivity index (χ1v) is 5.52. The quantitative estimate of drug-likeness (QED) is 0.725. The standard InChI is InChI=1S/C11H21NO2/c1-8(2)5-9-3-4-12-7-10(9)6-11(13)14/h8-10,12H,3-7H2,1-2H3,(H,13,14). The number of rotatable bonds is 4. The molecule has 0 aromatic carbocycles. The number of carbonyl (C=O) groups is 1. The van der Waals surface area contributed by atoms with Crippen molar-refractivity contribution in [3.8, 4) is 0 Å². The lowest BCUT2D eigenvalue weighted by Gasteiger charge is -2.32. The average molecular weight is 199 g/mol. The summed E-state index contributed by atoms with van der Waals surface area (Å²) in [5.41, 5.74) is 0. The number of carboxylic acid groups (broad SMARTS) is 1. The number of aliphatic carboxylic acids is 1. The Morgan fingerprint density at radius 2 is 2.21 bits per heavy atom. The fourth-order valence-corrected chi connectivity index (χ4v) is 2.36. The van der Waals surface area contributed by atoms with Gasteiger partial charge >= 0.3 is 5.97 Å². The molecule has 1 saturated heterocycles. The second kappa shape index (κ2) is 5.35. The van der Waals surface area contributed by atoms with Crippen LogP contribution < -0.4 is 5.32 Å². The van der Waals surface area contributed by atoms with Crippen LogP contribution in [-0.4, -0.2) is 24.2 Å². The van der Waals surface area contributed by atoms with Crippen molar-refractivity contribution in [3.05, 3.63) is 0 Å². The van der Waals surface area contributed by atoms with E-state index in [0.717, 1.165) is 19.5 Å². The summed E-state index contributed by atoms with van der Waals surface area (Å²) in [4.78, 5) is 10.7. The second-order valence-electron chi connectivity index (χ2n) is 4.74. The Bertz CT molecular complexity index is 192. The number of carboxylic acids is 1. The number of hydrogen-bond donors (Lipinski definition) is 2. The normalized spacial score (nSPS) is 27.9. The van der Waals surface area contributed by atoms with Gasteiger partial charge in [0.25, 0.3) is 0 Å². The van der Waals surface area contributed by atoms with Crippen molar-refractivity contribution in [1.82, 2.24) is 5.32 Å². The Kier molecular flexibility index (Phi) is 4.39. The molecular formula is C11H21NO2. The summed E-state index contributed by atoms with van der Waals surface area (Å²) >= 11 is 0. The molecule has 2 N–H and O–H groups in total. The third-order valence-corrected chi connectivity index (χ3v) is 2.98. The molecule has 1 aliphatic rings. The molecule has 3 nitrogen and oxygen atoms in total. The third kappa shape index (κ3) is 3.66. The minimum Gasteiger partial charge on any atom is -0.481 e. The molecular weight excluding hydrogens is 178 g/mol. The number of piperidine rings is 1. The van der Waals surface area contributed by atoms with Crippen LogP contribution in [0.2, 0.25) is 0 Å². The minimum absolute atomic E-state index is 0.324. The maximum atomic E-state index is 10.7. The zero-order chi connectivity index (χ0) is 10.6. The SMILES string of the molecule is CC(C)CC1CCNCC1CC(=O)O. The van der Waals surface area contributed by atoms with Gasteiger partial charge in [-0.25, -0.2) is 0 Å². The van der Waals surface area contributed by atoms with E-state index in [0.29, 0.717) is 24.2 Å². The molecule has 0 saturated carbocycles. The molecule has 14 heavy (non-hydrogen) atoms. The monoisotopic (exact) mass is 199 g/mol. The zero-order valence-electron chi connectivity index (χ0n) is 9.12. The molecule has 0 aliphatic carbocycles. The van der Waals surface area contributed by atoms with Gasteiger partial charge in [0.1, 0.15) is 0 Å². The lowest BCUT2D eigenvalue weighted by Crippen LogP contribution is -2.38. The van der Waals surface area contributed by atoms with Gasteiger partial charge in [0, 0.05) is 6.42 Å². The van der Waals surface area contributed by atoms with Crippen molar-refractivity contribution < 1.29 is 9.90 Å². The topological polar surface area (TPSA) is 49.3 Å². The van der Waals surface area contributed by atoms with Crippen molar-refractivity contribution in [2.24, 2.45) is 17.8 Å². The molecule has 0 aromatic rings. The van der Waals surface area contributed by atoms with Crippen LogP contribution in [0, 0.1) is 17.8 Å². The van der Waals surface area contributed by atoms with Gasteiger partial charge in [-0.15, -0.1) is 0 Å². The first kappa shape index (κ1) is 11.5. The summed E-state index contributed by atoms with van der Waals surface area (Å²) in [5, 5.41) is 12.1. The average Bonchev–Trinajstić information content (AvgIpc) is 2.06. The van der Waals surface area contributed by atoms with Gasteiger partial charge in [0.05, 0.1) is 0 Å². The van der Waals surface area contributed by atoms with E-state index in [4.69, 9.17) is 5.11 Å². The highest BCUT2D eigenvalue weighted by atomic mass is 16.4. The Labute approximate surface area is 85.9 Å². The van der Waals surface area contributed by atoms with E-state index in [1.54, 1.807) is 0 Å². The van der Waals surface area contributed by atoms with Crippen molar-refractivity contribution in [1.29, 1.82) is 0 Å². The molecule has 3 heteroatoms. The Hall–Kier alpha value is -0.570. The molecule has 0 radical (unpaired) electrons. The van der Waals surface area contributed by atoms with Crippen molar-refractivity contribution >= 4 is 5.97 Å². The summed E-state index contributed by atoms with van der Waals surface area (Å²) in [6.07, 6.45) is 2.63. The molecule has 1 heterocycles. The first-order valence-electron chi connectivity index (χ1n) is 5.52. The van der Waals surface area contributed by atoms with E-state index in [1.807, 2.05) is 0 Å². The molecule has 0 amide bonds. The van der Waals surface area contributed by atoms with Crippen LogP contribution in [0.3, 0.4) is 0 Å². The summed E-state index contributed by atoms with van der Waals surface area (Å²) < 4.78 is 0. The van der Waals surface area contributed by atoms with E-state index < -0.39 is 5.97 Å². The smallest absolute Gasteiger partial charge is 0.303 e. The van der Waals surface area contributed by atoms with Crippen LogP contribution in [0.25, 0.3) is 0 Å². The second-order valence-corrected chi connectivity index (χ2v) is 4.74. The molecule has 82 valence electrons. The van der Waals surface area contributed by atoms with Gasteiger partial charge in [-0.05, 0) is 43.7 Å². The summed E-state index contributed by atoms with van der Waals surface area (Å²) in [6.45, 7) is 6.34. The van der Waals surface area contributed by atoms with Crippen LogP contribution in [0.5, 0.6) is 0 Å². The lowest BCUT2D eigenvalue weighted by atomic mass is 9.79. The largest absolute Gasteiger partial charge is 0.481 e. The van der Waals surface area contributed by atoms with Gasteiger partial charge in [-0.1, -0.05) is 13.8 Å². The first-order chi connectivity index (χ1) is 6.59. The van der Waals surface area contributed by atoms with Gasteiger partial charge in [-0.2, -0.15) is 0 Å². The fourth-order valence-electron chi connectivity index (χ4n) is 2.36. The van der Waals surface area contributed by atoms with Gasteiger partial charge in [0.15, 0.2) is 0 Å². The highest BCUT2D eigenvalue weighted by Crippen LogP contribution is 2.28. The maximum absolute atomic E-state index is 10.7. The van der Waals surface area contributed by atoms with Crippen LogP contribution in [0.4, 0.5) is 0 Å². The molecule has 1 aliphatic heterocycles. The Balaban J connectivity index is 2.45. The minimum atomic E-state index is -0.660. The van der Waals surface area contributed by atoms with Crippen LogP contribution in [-0.2, 0) is 4.79 Å². The molecule has 0 aromatic heterocycles. The highest BCUT2D eigenvalue weighted by molar-refractivity contribution is 5.67. The predicted molar refractivity (Wildman–Crippen MR) is 56.2 cm³/mol. The van der Waals surface area contributed by atoms with E-state index in [1.165, 1.54) is 6.42 Å². The van der Waals surface area contributed by atoms with Crippen molar-refractivity contribution in [2.45, 2.75) is 33.1 Å². The number of hydrogen-bond acceptors (Lipinski definition) is 2. The molecule has 2 unspecified atom stereocenters. The summed E-state index contributed by atoms with van der Waals surface area (Å²) in [5.74, 6) is 0.956. The maximum Gasteiger partial charge on any atom is 0.303 e. The highest BCUT2D eigenvalue weighted by Gasteiger charge is 2.27. The van der Waals surface area contributed by atoms with Gasteiger partial charge in [-0.3, -0.25) is 4.79 Å². The van der Waals surface area contributed by atoms with E-state index >= 15 is 0 Å². The number of nitrogens with one attached hydrogen (secondary N) is 1. The molecule has 1 fully saturated rings. The fraction of sp³-hybridized carbons (Fsp3) is 0.909. The molecule has 1 rings (SSSR count). The zero-order valence-corrected chi connectivity index (χ0v) is 9.12. The van der Waals surface area contributed by atoms with Crippen LogP contribution in [0.1, 0.15) is 33.1 Å². The molecule has 0 bridgehead atoms.